The number of anilines is 1. The van der Waals surface area contributed by atoms with E-state index in [1.54, 1.807) is 12.1 Å². The molecule has 0 unspecified atom stereocenters. The van der Waals surface area contributed by atoms with Crippen LogP contribution in [0.4, 0.5) is 5.69 Å². The van der Waals surface area contributed by atoms with Crippen molar-refractivity contribution >= 4 is 17.7 Å². The third-order valence-electron chi connectivity index (χ3n) is 4.25. The standard InChI is InChI=1S/C21H20N2O4/c1-13-5-4-6-14(2)19(13)23-21(24)16(12-22)9-15-10-17(25-3)20-18(11-15)26-7-8-27-20/h4-6,9-11H,7-8H2,1-3H3,(H,23,24)/b16-9+. The molecule has 6 nitrogen and oxygen atoms in total. The van der Waals surface area contributed by atoms with Gasteiger partial charge in [-0.2, -0.15) is 5.26 Å². The van der Waals surface area contributed by atoms with Gasteiger partial charge in [-0.1, -0.05) is 18.2 Å². The zero-order valence-corrected chi connectivity index (χ0v) is 15.5. The number of amides is 1. The van der Waals surface area contributed by atoms with Crippen LogP contribution >= 0.6 is 0 Å². The Balaban J connectivity index is 1.92. The molecule has 1 N–H and O–H groups in total. The van der Waals surface area contributed by atoms with E-state index in [0.717, 1.165) is 11.1 Å². The van der Waals surface area contributed by atoms with E-state index in [-0.39, 0.29) is 5.57 Å². The molecule has 0 fully saturated rings. The third kappa shape index (κ3) is 3.87. The average molecular weight is 364 g/mol. The van der Waals surface area contributed by atoms with Gasteiger partial charge in [-0.15, -0.1) is 0 Å². The molecule has 0 saturated heterocycles. The first-order valence-electron chi connectivity index (χ1n) is 8.50. The number of carbonyl (C=O) groups excluding carboxylic acids is 1. The maximum atomic E-state index is 12.6. The van der Waals surface area contributed by atoms with Crippen molar-refractivity contribution in [3.05, 3.63) is 52.6 Å². The largest absolute Gasteiger partial charge is 0.493 e. The van der Waals surface area contributed by atoms with Gasteiger partial charge in [0.25, 0.3) is 5.91 Å². The highest BCUT2D eigenvalue weighted by molar-refractivity contribution is 6.10. The van der Waals surface area contributed by atoms with Crippen LogP contribution in [-0.4, -0.2) is 26.2 Å². The minimum Gasteiger partial charge on any atom is -0.493 e. The van der Waals surface area contributed by atoms with E-state index in [1.165, 1.54) is 13.2 Å². The van der Waals surface area contributed by atoms with Crippen molar-refractivity contribution in [3.63, 3.8) is 0 Å². The van der Waals surface area contributed by atoms with Crippen molar-refractivity contribution in [2.45, 2.75) is 13.8 Å². The van der Waals surface area contributed by atoms with Crippen LogP contribution in [0.2, 0.25) is 0 Å². The minimum atomic E-state index is -0.469. The van der Waals surface area contributed by atoms with Crippen molar-refractivity contribution in [1.82, 2.24) is 0 Å². The van der Waals surface area contributed by atoms with Crippen LogP contribution < -0.4 is 19.5 Å². The van der Waals surface area contributed by atoms with Gasteiger partial charge >= 0.3 is 0 Å². The molecule has 3 rings (SSSR count). The molecule has 27 heavy (non-hydrogen) atoms. The van der Waals surface area contributed by atoms with Crippen LogP contribution in [-0.2, 0) is 4.79 Å². The monoisotopic (exact) mass is 364 g/mol. The summed E-state index contributed by atoms with van der Waals surface area (Å²) in [5.74, 6) is 1.08. The molecule has 0 atom stereocenters. The van der Waals surface area contributed by atoms with Gasteiger partial charge in [0.05, 0.1) is 7.11 Å². The first-order valence-corrected chi connectivity index (χ1v) is 8.50. The second-order valence-corrected chi connectivity index (χ2v) is 6.14. The van der Waals surface area contributed by atoms with Gasteiger partial charge in [0.1, 0.15) is 24.9 Å². The van der Waals surface area contributed by atoms with Crippen molar-refractivity contribution in [3.8, 4) is 23.3 Å². The summed E-state index contributed by atoms with van der Waals surface area (Å²) in [7, 11) is 1.53. The van der Waals surface area contributed by atoms with Crippen molar-refractivity contribution in [2.75, 3.05) is 25.6 Å². The van der Waals surface area contributed by atoms with Crippen molar-refractivity contribution in [1.29, 1.82) is 5.26 Å². The zero-order valence-electron chi connectivity index (χ0n) is 15.5. The summed E-state index contributed by atoms with van der Waals surface area (Å²) in [5.41, 5.74) is 3.17. The van der Waals surface area contributed by atoms with Crippen LogP contribution in [0.3, 0.4) is 0 Å². The van der Waals surface area contributed by atoms with Gasteiger partial charge in [-0.25, -0.2) is 0 Å². The van der Waals surface area contributed by atoms with Gasteiger partial charge in [0.2, 0.25) is 5.75 Å². The van der Waals surface area contributed by atoms with E-state index < -0.39 is 5.91 Å². The molecule has 1 aliphatic heterocycles. The Morgan fingerprint density at radius 1 is 1.22 bits per heavy atom. The first-order chi connectivity index (χ1) is 13.0. The summed E-state index contributed by atoms with van der Waals surface area (Å²) >= 11 is 0. The fraction of sp³-hybridized carbons (Fsp3) is 0.238. The molecule has 0 radical (unpaired) electrons. The summed E-state index contributed by atoms with van der Waals surface area (Å²) in [5, 5.41) is 12.3. The highest BCUT2D eigenvalue weighted by atomic mass is 16.6. The normalized spacial score (nSPS) is 12.9. The highest BCUT2D eigenvalue weighted by Gasteiger charge is 2.19. The Kier molecular flexibility index (Phi) is 5.32. The number of aryl methyl sites for hydroxylation is 2. The molecule has 6 heteroatoms. The predicted molar refractivity (Wildman–Crippen MR) is 102 cm³/mol. The van der Waals surface area contributed by atoms with Gasteiger partial charge in [-0.3, -0.25) is 4.79 Å². The molecule has 138 valence electrons. The van der Waals surface area contributed by atoms with Crippen LogP contribution in [0.1, 0.15) is 16.7 Å². The zero-order chi connectivity index (χ0) is 19.4. The number of nitriles is 1. The Labute approximate surface area is 158 Å². The molecule has 1 heterocycles. The minimum absolute atomic E-state index is 0.0172. The van der Waals surface area contributed by atoms with E-state index in [1.807, 2.05) is 38.1 Å². The number of carbonyl (C=O) groups is 1. The lowest BCUT2D eigenvalue weighted by Gasteiger charge is -2.21. The van der Waals surface area contributed by atoms with E-state index >= 15 is 0 Å². The lowest BCUT2D eigenvalue weighted by Crippen LogP contribution is -2.16. The highest BCUT2D eigenvalue weighted by Crippen LogP contribution is 2.40. The number of hydrogen-bond acceptors (Lipinski definition) is 5. The van der Waals surface area contributed by atoms with Crippen LogP contribution in [0.5, 0.6) is 17.2 Å². The quantitative estimate of drug-likeness (QED) is 0.662. The topological polar surface area (TPSA) is 80.6 Å². The van der Waals surface area contributed by atoms with Crippen LogP contribution in [0, 0.1) is 25.2 Å². The molecule has 2 aromatic carbocycles. The van der Waals surface area contributed by atoms with Gasteiger partial charge in [-0.05, 0) is 48.7 Å². The predicted octanol–water partition coefficient (Wildman–Crippen LogP) is 3.63. The van der Waals surface area contributed by atoms with E-state index in [9.17, 15) is 10.1 Å². The van der Waals surface area contributed by atoms with Crippen LogP contribution in [0.15, 0.2) is 35.9 Å². The summed E-state index contributed by atoms with van der Waals surface area (Å²) in [6.07, 6.45) is 1.50. The Bertz CT molecular complexity index is 920. The maximum Gasteiger partial charge on any atom is 0.266 e. The summed E-state index contributed by atoms with van der Waals surface area (Å²) in [6, 6.07) is 11.1. The SMILES string of the molecule is COc1cc(/C=C(\C#N)C(=O)Nc2c(C)cccc2C)cc2c1OCCO2. The maximum absolute atomic E-state index is 12.6. The molecular formula is C21H20N2O4. The fourth-order valence-corrected chi connectivity index (χ4v) is 2.88. The van der Waals surface area contributed by atoms with Crippen LogP contribution in [0.25, 0.3) is 6.08 Å². The summed E-state index contributed by atoms with van der Waals surface area (Å²) in [4.78, 5) is 12.6. The molecule has 1 aliphatic rings. The Morgan fingerprint density at radius 3 is 2.59 bits per heavy atom. The summed E-state index contributed by atoms with van der Waals surface area (Å²) < 4.78 is 16.5. The molecule has 2 aromatic rings. The molecule has 1 amide bonds. The number of fused-ring (bicyclic) bond motifs is 1. The first kappa shape index (κ1) is 18.3. The average Bonchev–Trinajstić information content (AvgIpc) is 2.68. The number of ether oxygens (including phenoxy) is 3. The van der Waals surface area contributed by atoms with Crippen molar-refractivity contribution < 1.29 is 19.0 Å². The molecule has 0 aliphatic carbocycles. The van der Waals surface area contributed by atoms with E-state index in [2.05, 4.69) is 5.32 Å². The molecular weight excluding hydrogens is 344 g/mol. The lowest BCUT2D eigenvalue weighted by molar-refractivity contribution is -0.112. The number of nitrogens with zero attached hydrogens (tertiary/aromatic N) is 1. The number of methoxy groups -OCH3 is 1. The number of nitrogens with one attached hydrogen (secondary N) is 1. The number of para-hydroxylation sites is 1. The van der Waals surface area contributed by atoms with Gasteiger partial charge < -0.3 is 19.5 Å². The molecule has 0 saturated carbocycles. The fourth-order valence-electron chi connectivity index (χ4n) is 2.88. The molecule has 0 bridgehead atoms. The summed E-state index contributed by atoms with van der Waals surface area (Å²) in [6.45, 7) is 4.69. The Morgan fingerprint density at radius 2 is 1.93 bits per heavy atom. The van der Waals surface area contributed by atoms with Gasteiger partial charge in [0.15, 0.2) is 11.5 Å². The molecule has 0 aromatic heterocycles. The van der Waals surface area contributed by atoms with E-state index in [0.29, 0.717) is 41.7 Å². The number of rotatable bonds is 4. The number of hydrogen-bond donors (Lipinski definition) is 1. The lowest BCUT2D eigenvalue weighted by atomic mass is 10.1. The smallest absolute Gasteiger partial charge is 0.266 e. The second kappa shape index (κ2) is 7.83. The van der Waals surface area contributed by atoms with Crippen molar-refractivity contribution in [2.24, 2.45) is 0 Å². The number of benzene rings is 2. The molecule has 0 spiro atoms. The third-order valence-corrected chi connectivity index (χ3v) is 4.25. The van der Waals surface area contributed by atoms with Gasteiger partial charge in [0, 0.05) is 5.69 Å². The second-order valence-electron chi connectivity index (χ2n) is 6.14. The Hall–Kier alpha value is -3.46. The van der Waals surface area contributed by atoms with E-state index in [4.69, 9.17) is 14.2 Å².